The Balaban J connectivity index is 2.01. The average Bonchev–Trinajstić information content (AvgIpc) is 2.51. The zero-order chi connectivity index (χ0) is 15.2. The van der Waals surface area contributed by atoms with Crippen molar-refractivity contribution in [1.82, 2.24) is 9.97 Å². The number of nitrogens with two attached hydrogens (primary N) is 1. The van der Waals surface area contributed by atoms with Crippen LogP contribution in [-0.4, -0.2) is 23.6 Å². The third-order valence-electron chi connectivity index (χ3n) is 3.39. The molecule has 0 saturated carbocycles. The van der Waals surface area contributed by atoms with Crippen molar-refractivity contribution in [2.75, 3.05) is 24.7 Å². The van der Waals surface area contributed by atoms with E-state index in [4.69, 9.17) is 10.5 Å². The standard InChI is InChI=1S/C16H22N4O/c1-4-14-19-15(17)11(2)16(20-14)18-9-8-12-6-5-7-13(10-12)21-3/h5-7,10H,4,8-9H2,1-3H3,(H3,17,18,19,20). The second kappa shape index (κ2) is 6.92. The number of aromatic nitrogens is 2. The smallest absolute Gasteiger partial charge is 0.134 e. The Morgan fingerprint density at radius 2 is 2.10 bits per heavy atom. The molecule has 1 heterocycles. The lowest BCUT2D eigenvalue weighted by atomic mass is 10.1. The van der Waals surface area contributed by atoms with Crippen LogP contribution in [0.1, 0.15) is 23.9 Å². The third kappa shape index (κ3) is 3.84. The second-order valence-electron chi connectivity index (χ2n) is 4.88. The van der Waals surface area contributed by atoms with Crippen molar-refractivity contribution in [3.05, 3.63) is 41.2 Å². The summed E-state index contributed by atoms with van der Waals surface area (Å²) in [5, 5.41) is 3.34. The Morgan fingerprint density at radius 3 is 2.81 bits per heavy atom. The molecule has 0 aliphatic carbocycles. The Hall–Kier alpha value is -2.30. The Bertz CT molecular complexity index is 613. The molecule has 0 spiro atoms. The monoisotopic (exact) mass is 286 g/mol. The van der Waals surface area contributed by atoms with Gasteiger partial charge in [-0.2, -0.15) is 0 Å². The van der Waals surface area contributed by atoms with Crippen LogP contribution in [0.3, 0.4) is 0 Å². The molecule has 5 heteroatoms. The summed E-state index contributed by atoms with van der Waals surface area (Å²) in [4.78, 5) is 8.74. The molecule has 0 unspecified atom stereocenters. The highest BCUT2D eigenvalue weighted by molar-refractivity contribution is 5.54. The summed E-state index contributed by atoms with van der Waals surface area (Å²) in [6.45, 7) is 4.74. The molecule has 0 amide bonds. The summed E-state index contributed by atoms with van der Waals surface area (Å²) in [6, 6.07) is 8.07. The number of nitrogens with zero attached hydrogens (tertiary/aromatic N) is 2. The summed E-state index contributed by atoms with van der Waals surface area (Å²) < 4.78 is 5.23. The van der Waals surface area contributed by atoms with E-state index in [0.717, 1.165) is 42.3 Å². The maximum absolute atomic E-state index is 5.91. The summed E-state index contributed by atoms with van der Waals surface area (Å²) in [5.74, 6) is 3.01. The number of ether oxygens (including phenoxy) is 1. The lowest BCUT2D eigenvalue weighted by Crippen LogP contribution is -2.11. The first-order valence-corrected chi connectivity index (χ1v) is 7.13. The predicted octanol–water partition coefficient (Wildman–Crippen LogP) is 2.59. The highest BCUT2D eigenvalue weighted by atomic mass is 16.5. The number of nitrogen functional groups attached to an aromatic ring is 1. The third-order valence-corrected chi connectivity index (χ3v) is 3.39. The van der Waals surface area contributed by atoms with Gasteiger partial charge in [0, 0.05) is 18.5 Å². The quantitative estimate of drug-likeness (QED) is 0.854. The topological polar surface area (TPSA) is 73.1 Å². The van der Waals surface area contributed by atoms with E-state index in [1.165, 1.54) is 5.56 Å². The second-order valence-corrected chi connectivity index (χ2v) is 4.88. The van der Waals surface area contributed by atoms with Gasteiger partial charge in [0.05, 0.1) is 7.11 Å². The molecule has 0 aliphatic heterocycles. The fourth-order valence-corrected chi connectivity index (χ4v) is 2.07. The Labute approximate surface area is 125 Å². The van der Waals surface area contributed by atoms with Gasteiger partial charge in [-0.15, -0.1) is 0 Å². The van der Waals surface area contributed by atoms with Gasteiger partial charge in [0.15, 0.2) is 0 Å². The fourth-order valence-electron chi connectivity index (χ4n) is 2.07. The molecule has 112 valence electrons. The van der Waals surface area contributed by atoms with E-state index >= 15 is 0 Å². The molecule has 2 rings (SSSR count). The van der Waals surface area contributed by atoms with Gasteiger partial charge < -0.3 is 15.8 Å². The van der Waals surface area contributed by atoms with Crippen LogP contribution in [0.2, 0.25) is 0 Å². The van der Waals surface area contributed by atoms with Crippen LogP contribution in [0.4, 0.5) is 11.6 Å². The normalized spacial score (nSPS) is 10.4. The zero-order valence-electron chi connectivity index (χ0n) is 12.8. The van der Waals surface area contributed by atoms with Gasteiger partial charge in [0.1, 0.15) is 23.2 Å². The van der Waals surface area contributed by atoms with E-state index in [1.54, 1.807) is 7.11 Å². The van der Waals surface area contributed by atoms with Gasteiger partial charge >= 0.3 is 0 Å². The highest BCUT2D eigenvalue weighted by Gasteiger charge is 2.07. The van der Waals surface area contributed by atoms with Gasteiger partial charge in [0.25, 0.3) is 0 Å². The predicted molar refractivity (Wildman–Crippen MR) is 85.7 cm³/mol. The summed E-state index contributed by atoms with van der Waals surface area (Å²) >= 11 is 0. The van der Waals surface area contributed by atoms with Gasteiger partial charge in [-0.3, -0.25) is 0 Å². The van der Waals surface area contributed by atoms with E-state index in [0.29, 0.717) is 5.82 Å². The SMILES string of the molecule is CCc1nc(N)c(C)c(NCCc2cccc(OC)c2)n1. The molecular weight excluding hydrogens is 264 g/mol. The first-order chi connectivity index (χ1) is 10.1. The Kier molecular flexibility index (Phi) is 4.98. The fraction of sp³-hybridized carbons (Fsp3) is 0.375. The first kappa shape index (κ1) is 15.1. The summed E-state index contributed by atoms with van der Waals surface area (Å²) in [5.41, 5.74) is 8.03. The van der Waals surface area contributed by atoms with E-state index in [-0.39, 0.29) is 0 Å². The van der Waals surface area contributed by atoms with Gasteiger partial charge in [0.2, 0.25) is 0 Å². The molecule has 2 aromatic rings. The van der Waals surface area contributed by atoms with Crippen LogP contribution < -0.4 is 15.8 Å². The molecule has 3 N–H and O–H groups in total. The Morgan fingerprint density at radius 1 is 1.29 bits per heavy atom. The molecule has 5 nitrogen and oxygen atoms in total. The maximum atomic E-state index is 5.91. The van der Waals surface area contributed by atoms with Crippen LogP contribution in [0.25, 0.3) is 0 Å². The number of anilines is 2. The van der Waals surface area contributed by atoms with E-state index in [2.05, 4.69) is 21.4 Å². The molecule has 0 aliphatic rings. The first-order valence-electron chi connectivity index (χ1n) is 7.13. The molecule has 0 fully saturated rings. The van der Waals surface area contributed by atoms with Gasteiger partial charge in [-0.05, 0) is 31.0 Å². The van der Waals surface area contributed by atoms with Crippen molar-refractivity contribution in [1.29, 1.82) is 0 Å². The maximum Gasteiger partial charge on any atom is 0.134 e. The van der Waals surface area contributed by atoms with Crippen LogP contribution >= 0.6 is 0 Å². The number of hydrogen-bond acceptors (Lipinski definition) is 5. The summed E-state index contributed by atoms with van der Waals surface area (Å²) in [7, 11) is 1.68. The number of hydrogen-bond donors (Lipinski definition) is 2. The van der Waals surface area contributed by atoms with E-state index in [1.807, 2.05) is 32.0 Å². The minimum absolute atomic E-state index is 0.547. The molecule has 0 saturated heterocycles. The van der Waals surface area contributed by atoms with Gasteiger partial charge in [-0.25, -0.2) is 9.97 Å². The molecular formula is C16H22N4O. The minimum Gasteiger partial charge on any atom is -0.497 e. The minimum atomic E-state index is 0.547. The lowest BCUT2D eigenvalue weighted by Gasteiger charge is -2.11. The van der Waals surface area contributed by atoms with Crippen molar-refractivity contribution in [2.24, 2.45) is 0 Å². The number of benzene rings is 1. The van der Waals surface area contributed by atoms with Crippen LogP contribution in [0.15, 0.2) is 24.3 Å². The van der Waals surface area contributed by atoms with Crippen molar-refractivity contribution in [2.45, 2.75) is 26.7 Å². The molecule has 0 bridgehead atoms. The molecule has 1 aromatic heterocycles. The van der Waals surface area contributed by atoms with Crippen molar-refractivity contribution >= 4 is 11.6 Å². The van der Waals surface area contributed by atoms with Gasteiger partial charge in [-0.1, -0.05) is 19.1 Å². The zero-order valence-corrected chi connectivity index (χ0v) is 12.8. The largest absolute Gasteiger partial charge is 0.497 e. The molecule has 0 radical (unpaired) electrons. The number of nitrogens with one attached hydrogen (secondary N) is 1. The molecule has 0 atom stereocenters. The van der Waals surface area contributed by atoms with Crippen molar-refractivity contribution < 1.29 is 4.74 Å². The number of rotatable bonds is 6. The van der Waals surface area contributed by atoms with Crippen LogP contribution in [0.5, 0.6) is 5.75 Å². The van der Waals surface area contributed by atoms with Crippen LogP contribution in [-0.2, 0) is 12.8 Å². The number of methoxy groups -OCH3 is 1. The average molecular weight is 286 g/mol. The highest BCUT2D eigenvalue weighted by Crippen LogP contribution is 2.18. The number of aryl methyl sites for hydroxylation is 1. The van der Waals surface area contributed by atoms with E-state index in [9.17, 15) is 0 Å². The molecule has 21 heavy (non-hydrogen) atoms. The van der Waals surface area contributed by atoms with Crippen molar-refractivity contribution in [3.63, 3.8) is 0 Å². The molecule has 1 aromatic carbocycles. The lowest BCUT2D eigenvalue weighted by molar-refractivity contribution is 0.414. The van der Waals surface area contributed by atoms with Crippen LogP contribution in [0, 0.1) is 6.92 Å². The summed E-state index contributed by atoms with van der Waals surface area (Å²) in [6.07, 6.45) is 1.66. The van der Waals surface area contributed by atoms with Crippen molar-refractivity contribution in [3.8, 4) is 5.75 Å². The van der Waals surface area contributed by atoms with E-state index < -0.39 is 0 Å².